The molecule has 2 unspecified atom stereocenters. The van der Waals surface area contributed by atoms with E-state index in [-0.39, 0.29) is 18.5 Å². The number of hydrogen-bond donors (Lipinski definition) is 1. The maximum absolute atomic E-state index is 12.0. The molecule has 0 aromatic heterocycles. The summed E-state index contributed by atoms with van der Waals surface area (Å²) in [5.74, 6) is 1.65. The van der Waals surface area contributed by atoms with Gasteiger partial charge in [-0.25, -0.2) is 8.42 Å². The van der Waals surface area contributed by atoms with Gasteiger partial charge in [0.25, 0.3) is 0 Å². The van der Waals surface area contributed by atoms with Crippen LogP contribution in [0.2, 0.25) is 0 Å². The average molecular weight is 311 g/mol. The summed E-state index contributed by atoms with van der Waals surface area (Å²) in [6.45, 7) is 6.80. The Labute approximate surface area is 120 Å². The van der Waals surface area contributed by atoms with Crippen molar-refractivity contribution in [2.75, 3.05) is 37.0 Å². The summed E-state index contributed by atoms with van der Waals surface area (Å²) in [5, 5.41) is 9.47. The number of ether oxygens (including phenoxy) is 1. The Kier molecular flexibility index (Phi) is 7.10. The number of rotatable bonds is 7. The molecule has 0 aromatic carbocycles. The molecule has 1 fully saturated rings. The number of aliphatic hydroxyl groups is 1. The molecule has 0 aromatic rings. The van der Waals surface area contributed by atoms with Crippen molar-refractivity contribution >= 4 is 21.6 Å². The highest BCUT2D eigenvalue weighted by Gasteiger charge is 2.33. The van der Waals surface area contributed by atoms with E-state index in [1.165, 1.54) is 0 Å². The van der Waals surface area contributed by atoms with Crippen LogP contribution in [0.15, 0.2) is 0 Å². The number of hydrogen-bond acceptors (Lipinski definition) is 6. The lowest BCUT2D eigenvalue weighted by atomic mass is 10.3. The molecule has 1 rings (SSSR count). The van der Waals surface area contributed by atoms with Crippen LogP contribution in [0.3, 0.4) is 0 Å². The van der Waals surface area contributed by atoms with Crippen LogP contribution in [-0.2, 0) is 14.6 Å². The number of aliphatic hydroxyl groups excluding tert-OH is 1. The van der Waals surface area contributed by atoms with Crippen LogP contribution in [0, 0.1) is 0 Å². The molecule has 5 nitrogen and oxygen atoms in total. The van der Waals surface area contributed by atoms with Crippen molar-refractivity contribution in [1.29, 1.82) is 0 Å². The van der Waals surface area contributed by atoms with E-state index in [1.807, 2.05) is 18.7 Å². The fraction of sp³-hybridized carbons (Fsp3) is 1.00. The average Bonchev–Trinajstić information content (AvgIpc) is 2.37. The Balaban J connectivity index is 2.58. The van der Waals surface area contributed by atoms with Crippen LogP contribution >= 0.6 is 11.8 Å². The fourth-order valence-electron chi connectivity index (χ4n) is 1.97. The summed E-state index contributed by atoms with van der Waals surface area (Å²) < 4.78 is 29.4. The molecule has 1 aliphatic rings. The van der Waals surface area contributed by atoms with Crippen molar-refractivity contribution in [3.8, 4) is 0 Å². The van der Waals surface area contributed by atoms with Crippen molar-refractivity contribution in [2.45, 2.75) is 38.4 Å². The highest BCUT2D eigenvalue weighted by molar-refractivity contribution is 8.01. The molecular weight excluding hydrogens is 286 g/mol. The number of nitrogens with zero attached hydrogens (tertiary/aromatic N) is 1. The largest absolute Gasteiger partial charge is 0.389 e. The van der Waals surface area contributed by atoms with Gasteiger partial charge >= 0.3 is 0 Å². The zero-order chi connectivity index (χ0) is 14.5. The summed E-state index contributed by atoms with van der Waals surface area (Å²) >= 11 is 1.66. The summed E-state index contributed by atoms with van der Waals surface area (Å²) in [5.41, 5.74) is 0. The molecule has 2 atom stereocenters. The molecule has 0 spiro atoms. The third kappa shape index (κ3) is 5.59. The van der Waals surface area contributed by atoms with Gasteiger partial charge in [-0.15, -0.1) is 0 Å². The second kappa shape index (κ2) is 7.83. The third-order valence-electron chi connectivity index (χ3n) is 3.07. The minimum atomic E-state index is -3.09. The molecule has 0 bridgehead atoms. The summed E-state index contributed by atoms with van der Waals surface area (Å²) in [7, 11) is -3.09. The number of thioether (sulfide) groups is 1. The molecule has 19 heavy (non-hydrogen) atoms. The van der Waals surface area contributed by atoms with Gasteiger partial charge < -0.3 is 9.84 Å². The maximum atomic E-state index is 12.0. The molecule has 0 amide bonds. The van der Waals surface area contributed by atoms with E-state index in [4.69, 9.17) is 4.74 Å². The van der Waals surface area contributed by atoms with Gasteiger partial charge in [-0.05, 0) is 13.8 Å². The highest BCUT2D eigenvalue weighted by Crippen LogP contribution is 2.21. The Morgan fingerprint density at radius 3 is 2.74 bits per heavy atom. The molecule has 0 aliphatic carbocycles. The fourth-order valence-corrected chi connectivity index (χ4v) is 5.07. The van der Waals surface area contributed by atoms with Crippen LogP contribution in [0.25, 0.3) is 0 Å². The normalized spacial score (nSPS) is 23.7. The SMILES string of the molecule is CCS(=O)(=O)C1CSCCN1CC(O)COC(C)C. The van der Waals surface area contributed by atoms with Crippen molar-refractivity contribution in [3.05, 3.63) is 0 Å². The lowest BCUT2D eigenvalue weighted by Crippen LogP contribution is -2.51. The first-order valence-corrected chi connectivity index (χ1v) is 9.56. The van der Waals surface area contributed by atoms with Gasteiger partial charge in [0, 0.05) is 30.3 Å². The first kappa shape index (κ1) is 17.2. The number of β-amino-alcohol motifs (C(OH)–C–C–N with tert-alkyl or cyclic N) is 1. The minimum Gasteiger partial charge on any atom is -0.389 e. The van der Waals surface area contributed by atoms with Gasteiger partial charge in [0.2, 0.25) is 0 Å². The van der Waals surface area contributed by atoms with Crippen LogP contribution in [-0.4, -0.2) is 73.0 Å². The molecule has 114 valence electrons. The van der Waals surface area contributed by atoms with Crippen molar-refractivity contribution in [3.63, 3.8) is 0 Å². The molecule has 7 heteroatoms. The molecule has 1 N–H and O–H groups in total. The van der Waals surface area contributed by atoms with Crippen molar-refractivity contribution in [1.82, 2.24) is 4.90 Å². The monoisotopic (exact) mass is 311 g/mol. The van der Waals surface area contributed by atoms with Gasteiger partial charge in [0.15, 0.2) is 9.84 Å². The Hall–Kier alpha value is 0.180. The van der Waals surface area contributed by atoms with E-state index in [2.05, 4.69) is 0 Å². The zero-order valence-electron chi connectivity index (χ0n) is 11.9. The van der Waals surface area contributed by atoms with Gasteiger partial charge in [-0.3, -0.25) is 4.90 Å². The first-order valence-electron chi connectivity index (χ1n) is 6.69. The summed E-state index contributed by atoms with van der Waals surface area (Å²) in [4.78, 5) is 1.88. The molecule has 1 saturated heterocycles. The van der Waals surface area contributed by atoms with Gasteiger partial charge in [-0.2, -0.15) is 11.8 Å². The highest BCUT2D eigenvalue weighted by atomic mass is 32.2. The van der Waals surface area contributed by atoms with Gasteiger partial charge in [0.05, 0.1) is 18.8 Å². The smallest absolute Gasteiger partial charge is 0.166 e. The van der Waals surface area contributed by atoms with Crippen LogP contribution < -0.4 is 0 Å². The Bertz CT molecular complexity index is 359. The second-order valence-corrected chi connectivity index (χ2v) is 8.61. The number of sulfone groups is 1. The molecule has 1 heterocycles. The Morgan fingerprint density at radius 2 is 2.16 bits per heavy atom. The van der Waals surface area contributed by atoms with Gasteiger partial charge in [0.1, 0.15) is 5.37 Å². The van der Waals surface area contributed by atoms with Crippen molar-refractivity contribution in [2.24, 2.45) is 0 Å². The standard InChI is InChI=1S/C12H25NO4S2/c1-4-19(15,16)12-9-18-6-5-13(12)7-11(14)8-17-10(2)3/h10-12,14H,4-9H2,1-3H3. The lowest BCUT2D eigenvalue weighted by molar-refractivity contribution is -0.00896. The van der Waals surface area contributed by atoms with E-state index in [0.717, 1.165) is 5.75 Å². The van der Waals surface area contributed by atoms with Crippen LogP contribution in [0.4, 0.5) is 0 Å². The summed E-state index contributed by atoms with van der Waals surface area (Å²) in [6, 6.07) is 0. The third-order valence-corrected chi connectivity index (χ3v) is 6.41. The lowest BCUT2D eigenvalue weighted by Gasteiger charge is -2.35. The Morgan fingerprint density at radius 1 is 1.47 bits per heavy atom. The first-order chi connectivity index (χ1) is 8.86. The molecule has 0 saturated carbocycles. The van der Waals surface area contributed by atoms with E-state index in [9.17, 15) is 13.5 Å². The topological polar surface area (TPSA) is 66.8 Å². The minimum absolute atomic E-state index is 0.0710. The maximum Gasteiger partial charge on any atom is 0.166 e. The van der Waals surface area contributed by atoms with E-state index < -0.39 is 21.3 Å². The molecular formula is C12H25NO4S2. The zero-order valence-corrected chi connectivity index (χ0v) is 13.5. The van der Waals surface area contributed by atoms with Crippen molar-refractivity contribution < 1.29 is 18.3 Å². The van der Waals surface area contributed by atoms with Crippen LogP contribution in [0.5, 0.6) is 0 Å². The van der Waals surface area contributed by atoms with E-state index >= 15 is 0 Å². The van der Waals surface area contributed by atoms with Crippen LogP contribution in [0.1, 0.15) is 20.8 Å². The predicted molar refractivity (Wildman–Crippen MR) is 79.2 cm³/mol. The summed E-state index contributed by atoms with van der Waals surface area (Å²) in [6.07, 6.45) is -0.568. The molecule has 0 radical (unpaired) electrons. The van der Waals surface area contributed by atoms with E-state index in [1.54, 1.807) is 18.7 Å². The predicted octanol–water partition coefficient (Wildman–Crippen LogP) is 0.582. The van der Waals surface area contributed by atoms with E-state index in [0.29, 0.717) is 18.8 Å². The second-order valence-electron chi connectivity index (χ2n) is 5.01. The molecule has 1 aliphatic heterocycles. The van der Waals surface area contributed by atoms with Gasteiger partial charge in [-0.1, -0.05) is 6.92 Å². The quantitative estimate of drug-likeness (QED) is 0.742.